The molecule has 1 aliphatic rings. The molecule has 1 aliphatic heterocycles. The molecule has 6 heteroatoms. The summed E-state index contributed by atoms with van der Waals surface area (Å²) in [5, 5.41) is 0. The van der Waals surface area contributed by atoms with Gasteiger partial charge in [0.25, 0.3) is 0 Å². The summed E-state index contributed by atoms with van der Waals surface area (Å²) < 4.78 is 32.7. The Kier molecular flexibility index (Phi) is 7.30. The second-order valence-corrected chi connectivity index (χ2v) is 5.33. The Morgan fingerprint density at radius 1 is 1.00 bits per heavy atom. The third-order valence-corrected chi connectivity index (χ3v) is 3.01. The zero-order valence-corrected chi connectivity index (χ0v) is 11.6. The molecule has 1 saturated heterocycles. The first-order chi connectivity index (χ1) is 8.95. The average Bonchev–Trinajstić information content (AvgIpc) is 2.37. The van der Waals surface area contributed by atoms with E-state index in [0.29, 0.717) is 0 Å². The number of nitrogens with zero attached hydrogens (tertiary/aromatic N) is 1. The van der Waals surface area contributed by atoms with E-state index in [1.807, 2.05) is 0 Å². The molecule has 0 unspecified atom stereocenters. The molecule has 2 rings (SSSR count). The van der Waals surface area contributed by atoms with Gasteiger partial charge in [-0.1, -0.05) is 36.8 Å². The van der Waals surface area contributed by atoms with Gasteiger partial charge in [-0.25, -0.2) is 0 Å². The molecule has 0 aromatic heterocycles. The molecule has 5 nitrogen and oxygen atoms in total. The van der Waals surface area contributed by atoms with E-state index in [2.05, 4.69) is 35.2 Å². The first-order valence-corrected chi connectivity index (χ1v) is 7.61. The number of benzene rings is 1. The van der Waals surface area contributed by atoms with Crippen molar-refractivity contribution in [2.45, 2.75) is 25.7 Å². The van der Waals surface area contributed by atoms with Crippen molar-refractivity contribution in [1.29, 1.82) is 0 Å². The predicted molar refractivity (Wildman–Crippen MR) is 62.7 cm³/mol. The summed E-state index contributed by atoms with van der Waals surface area (Å²) in [4.78, 5) is 2.59. The molecule has 1 aromatic carbocycles. The fourth-order valence-corrected chi connectivity index (χ4v) is 2.11. The molecule has 0 aliphatic carbocycles. The van der Waals surface area contributed by atoms with Gasteiger partial charge in [0.1, 0.15) is 0 Å². The second kappa shape index (κ2) is 8.47. The minimum absolute atomic E-state index is 1.21. The van der Waals surface area contributed by atoms with Crippen LogP contribution < -0.4 is 14.0 Å². The van der Waals surface area contributed by atoms with E-state index in [1.165, 1.54) is 50.9 Å². The van der Waals surface area contributed by atoms with Gasteiger partial charge >= 0.3 is 0 Å². The van der Waals surface area contributed by atoms with Crippen molar-refractivity contribution in [2.75, 3.05) is 19.6 Å². The summed E-state index contributed by atoms with van der Waals surface area (Å²) in [7, 11) is -4.69. The number of hydrogen-bond acceptors (Lipinski definition) is 5. The zero-order valence-electron chi connectivity index (χ0n) is 10.8. The molecule has 0 spiro atoms. The SMILES string of the molecule is [O-][Cl+3]([O-])([O-])O.c1ccc(CCN2CCCCC2)cc1. The van der Waals surface area contributed by atoms with Gasteiger partial charge in [-0.2, -0.15) is 14.0 Å². The van der Waals surface area contributed by atoms with Crippen molar-refractivity contribution in [3.63, 3.8) is 0 Å². The molecule has 0 radical (unpaired) electrons. The predicted octanol–water partition coefficient (Wildman–Crippen LogP) is -1.41. The number of piperidine rings is 1. The van der Waals surface area contributed by atoms with Crippen LogP contribution in [-0.2, 0) is 6.42 Å². The Morgan fingerprint density at radius 3 is 2.05 bits per heavy atom. The molecule has 19 heavy (non-hydrogen) atoms. The normalized spacial score (nSPS) is 16.6. The number of likely N-dealkylation sites (tertiary alicyclic amines) is 1. The maximum Gasteiger partial charge on any atom is 0.0777 e. The van der Waals surface area contributed by atoms with Crippen LogP contribution in [0.5, 0.6) is 0 Å². The van der Waals surface area contributed by atoms with Crippen LogP contribution in [0.25, 0.3) is 0 Å². The Bertz CT molecular complexity index is 330. The minimum atomic E-state index is -4.69. The van der Waals surface area contributed by atoms with Crippen molar-refractivity contribution in [2.24, 2.45) is 0 Å². The molecule has 0 amide bonds. The molecule has 108 valence electrons. The van der Waals surface area contributed by atoms with Crippen LogP contribution in [0, 0.1) is 10.2 Å². The van der Waals surface area contributed by atoms with E-state index in [9.17, 15) is 0 Å². The van der Waals surface area contributed by atoms with Gasteiger partial charge in [0.15, 0.2) is 0 Å². The summed E-state index contributed by atoms with van der Waals surface area (Å²) in [6.45, 7) is 3.86. The minimum Gasteiger partial charge on any atom is -0.303 e. The van der Waals surface area contributed by atoms with Gasteiger partial charge in [0, 0.05) is 6.54 Å². The van der Waals surface area contributed by atoms with E-state index in [1.54, 1.807) is 0 Å². The molecule has 1 fully saturated rings. The number of halogens is 1. The molecular formula is C13H20ClNO4. The largest absolute Gasteiger partial charge is 0.303 e. The summed E-state index contributed by atoms with van der Waals surface area (Å²) in [5.74, 6) is 0. The van der Waals surface area contributed by atoms with Gasteiger partial charge in [-0.05, 0) is 37.9 Å². The smallest absolute Gasteiger partial charge is 0.0777 e. The van der Waals surface area contributed by atoms with E-state index < -0.39 is 10.2 Å². The fourth-order valence-electron chi connectivity index (χ4n) is 2.11. The average molecular weight is 290 g/mol. The van der Waals surface area contributed by atoms with Crippen LogP contribution in [0.4, 0.5) is 0 Å². The Labute approximate surface area is 115 Å². The van der Waals surface area contributed by atoms with Crippen molar-refractivity contribution >= 4 is 0 Å². The van der Waals surface area contributed by atoms with Crippen molar-refractivity contribution < 1.29 is 28.9 Å². The Balaban J connectivity index is 0.000000312. The van der Waals surface area contributed by atoms with Crippen molar-refractivity contribution in [3.8, 4) is 0 Å². The standard InChI is InChI=1S/C13H19N.ClHO4/c1-3-7-13(8-4-1)9-12-14-10-5-2-6-11-14;2-1(3,4)5/h1,3-4,7-8H,2,5-6,9-12H2;(H,2,3,4,5). The summed E-state index contributed by atoms with van der Waals surface area (Å²) in [5.41, 5.74) is 1.47. The Morgan fingerprint density at radius 2 is 1.53 bits per heavy atom. The lowest BCUT2D eigenvalue weighted by Crippen LogP contribution is -2.58. The molecule has 0 bridgehead atoms. The zero-order chi connectivity index (χ0) is 14.1. The number of hydrogen-bond donors (Lipinski definition) is 1. The lowest BCUT2D eigenvalue weighted by molar-refractivity contribution is -1.92. The van der Waals surface area contributed by atoms with Crippen LogP contribution in [0.3, 0.4) is 0 Å². The van der Waals surface area contributed by atoms with Gasteiger partial charge in [-0.15, -0.1) is 0 Å². The third-order valence-electron chi connectivity index (χ3n) is 3.01. The van der Waals surface area contributed by atoms with E-state index in [0.717, 1.165) is 0 Å². The quantitative estimate of drug-likeness (QED) is 0.738. The van der Waals surface area contributed by atoms with Gasteiger partial charge in [-0.3, -0.25) is 0 Å². The summed E-state index contributed by atoms with van der Waals surface area (Å²) in [6.07, 6.45) is 5.44. The molecule has 0 atom stereocenters. The summed E-state index contributed by atoms with van der Waals surface area (Å²) in [6, 6.07) is 10.8. The second-order valence-electron chi connectivity index (χ2n) is 4.53. The third kappa shape index (κ3) is 9.84. The monoisotopic (exact) mass is 289 g/mol. The van der Waals surface area contributed by atoms with E-state index in [4.69, 9.17) is 18.6 Å². The fraction of sp³-hybridized carbons (Fsp3) is 0.538. The lowest BCUT2D eigenvalue weighted by Gasteiger charge is -2.26. The van der Waals surface area contributed by atoms with Crippen LogP contribution in [0.1, 0.15) is 24.8 Å². The molecular weight excluding hydrogens is 270 g/mol. The number of rotatable bonds is 3. The van der Waals surface area contributed by atoms with Crippen LogP contribution in [-0.4, -0.2) is 29.2 Å². The lowest BCUT2D eigenvalue weighted by atomic mass is 10.1. The first kappa shape index (κ1) is 16.4. The summed E-state index contributed by atoms with van der Waals surface area (Å²) >= 11 is 0. The topological polar surface area (TPSA) is 92.6 Å². The van der Waals surface area contributed by atoms with Crippen molar-refractivity contribution in [1.82, 2.24) is 4.90 Å². The van der Waals surface area contributed by atoms with Gasteiger partial charge < -0.3 is 4.90 Å². The highest BCUT2D eigenvalue weighted by Crippen LogP contribution is 2.09. The highest BCUT2D eigenvalue weighted by molar-refractivity contribution is 5.14. The van der Waals surface area contributed by atoms with Gasteiger partial charge in [0.2, 0.25) is 0 Å². The maximum atomic E-state index is 8.60. The highest BCUT2D eigenvalue weighted by Gasteiger charge is 2.08. The van der Waals surface area contributed by atoms with Gasteiger partial charge in [0.05, 0.1) is 14.9 Å². The highest BCUT2D eigenvalue weighted by atomic mass is 35.7. The first-order valence-electron chi connectivity index (χ1n) is 6.34. The van der Waals surface area contributed by atoms with E-state index in [-0.39, 0.29) is 0 Å². The van der Waals surface area contributed by atoms with Crippen LogP contribution >= 0.6 is 0 Å². The van der Waals surface area contributed by atoms with Crippen molar-refractivity contribution in [3.05, 3.63) is 35.9 Å². The Hall–Kier alpha value is -0.690. The maximum absolute atomic E-state index is 8.60. The molecule has 1 N–H and O–H groups in total. The molecule has 1 heterocycles. The van der Waals surface area contributed by atoms with Crippen LogP contribution in [0.2, 0.25) is 0 Å². The van der Waals surface area contributed by atoms with E-state index >= 15 is 0 Å². The van der Waals surface area contributed by atoms with Crippen LogP contribution in [0.15, 0.2) is 30.3 Å². The molecule has 0 saturated carbocycles. The molecule has 1 aromatic rings.